The lowest BCUT2D eigenvalue weighted by Gasteiger charge is -2.30. The van der Waals surface area contributed by atoms with Crippen molar-refractivity contribution in [3.8, 4) is 0 Å². The van der Waals surface area contributed by atoms with Crippen molar-refractivity contribution >= 4 is 0 Å². The topological polar surface area (TPSA) is 24.5 Å². The van der Waals surface area contributed by atoms with Gasteiger partial charge >= 0.3 is 0 Å². The second-order valence-electron chi connectivity index (χ2n) is 5.69. The van der Waals surface area contributed by atoms with Crippen LogP contribution < -0.4 is 5.32 Å². The van der Waals surface area contributed by atoms with Gasteiger partial charge in [0, 0.05) is 13.7 Å². The van der Waals surface area contributed by atoms with Crippen LogP contribution in [-0.2, 0) is 4.74 Å². The number of piperidine rings is 1. The van der Waals surface area contributed by atoms with Crippen molar-refractivity contribution in [3.05, 3.63) is 0 Å². The Morgan fingerprint density at radius 1 is 1.44 bits per heavy atom. The highest BCUT2D eigenvalue weighted by Crippen LogP contribution is 2.15. The molecular weight excluding hydrogens is 200 g/mol. The van der Waals surface area contributed by atoms with Crippen molar-refractivity contribution in [2.45, 2.75) is 38.7 Å². The fourth-order valence-corrected chi connectivity index (χ4v) is 2.24. The summed E-state index contributed by atoms with van der Waals surface area (Å²) in [6.07, 6.45) is 3.81. The third kappa shape index (κ3) is 5.28. The van der Waals surface area contributed by atoms with Gasteiger partial charge < -0.3 is 15.0 Å². The highest BCUT2D eigenvalue weighted by molar-refractivity contribution is 4.74. The molecule has 0 aromatic rings. The molecule has 0 radical (unpaired) electrons. The zero-order valence-corrected chi connectivity index (χ0v) is 11.4. The maximum Gasteiger partial charge on any atom is 0.0634 e. The fraction of sp³-hybridized carbons (Fsp3) is 1.00. The molecule has 1 heterocycles. The summed E-state index contributed by atoms with van der Waals surface area (Å²) < 4.78 is 5.40. The van der Waals surface area contributed by atoms with Crippen molar-refractivity contribution in [1.29, 1.82) is 0 Å². The summed E-state index contributed by atoms with van der Waals surface area (Å²) in [5, 5.41) is 3.56. The SMILES string of the molecule is COC(C)(C)CCNCC1CCCN(C)C1. The minimum absolute atomic E-state index is 0.0103. The van der Waals surface area contributed by atoms with Gasteiger partial charge in [0.2, 0.25) is 0 Å². The molecule has 0 aliphatic carbocycles. The summed E-state index contributed by atoms with van der Waals surface area (Å²) in [6, 6.07) is 0. The van der Waals surface area contributed by atoms with Crippen LogP contribution >= 0.6 is 0 Å². The number of nitrogens with one attached hydrogen (secondary N) is 1. The van der Waals surface area contributed by atoms with Crippen LogP contribution in [0.4, 0.5) is 0 Å². The first-order valence-corrected chi connectivity index (χ1v) is 6.48. The van der Waals surface area contributed by atoms with Crippen molar-refractivity contribution in [2.24, 2.45) is 5.92 Å². The summed E-state index contributed by atoms with van der Waals surface area (Å²) >= 11 is 0. The van der Waals surface area contributed by atoms with Gasteiger partial charge in [0.25, 0.3) is 0 Å². The third-order valence-corrected chi connectivity index (χ3v) is 3.61. The van der Waals surface area contributed by atoms with Gasteiger partial charge in [-0.2, -0.15) is 0 Å². The number of likely N-dealkylation sites (tertiary alicyclic amines) is 1. The second kappa shape index (κ2) is 6.58. The first-order chi connectivity index (χ1) is 7.53. The molecule has 0 aromatic carbocycles. The standard InChI is InChI=1S/C13H28N2O/c1-13(2,16-4)7-8-14-10-12-6-5-9-15(3)11-12/h12,14H,5-11H2,1-4H3. The van der Waals surface area contributed by atoms with E-state index in [2.05, 4.69) is 31.1 Å². The Morgan fingerprint density at radius 3 is 2.81 bits per heavy atom. The predicted octanol–water partition coefficient (Wildman–Crippen LogP) is 1.73. The Labute approximate surface area is 101 Å². The molecule has 1 N–H and O–H groups in total. The number of methoxy groups -OCH3 is 1. The minimum atomic E-state index is 0.0103. The maximum atomic E-state index is 5.40. The van der Waals surface area contributed by atoms with E-state index in [0.29, 0.717) is 0 Å². The number of hydrogen-bond acceptors (Lipinski definition) is 3. The molecule has 3 nitrogen and oxygen atoms in total. The quantitative estimate of drug-likeness (QED) is 0.701. The molecule has 3 heteroatoms. The van der Waals surface area contributed by atoms with Crippen LogP contribution in [0.15, 0.2) is 0 Å². The number of rotatable bonds is 6. The van der Waals surface area contributed by atoms with E-state index in [1.54, 1.807) is 7.11 Å². The van der Waals surface area contributed by atoms with E-state index >= 15 is 0 Å². The molecule has 0 bridgehead atoms. The normalized spacial score (nSPS) is 23.6. The first kappa shape index (κ1) is 13.9. The molecule has 1 aliphatic heterocycles. The molecular formula is C13H28N2O. The average molecular weight is 228 g/mol. The minimum Gasteiger partial charge on any atom is -0.379 e. The van der Waals surface area contributed by atoms with Gasteiger partial charge in [-0.05, 0) is 65.7 Å². The average Bonchev–Trinajstić information content (AvgIpc) is 2.25. The van der Waals surface area contributed by atoms with Crippen molar-refractivity contribution in [3.63, 3.8) is 0 Å². The molecule has 1 saturated heterocycles. The van der Waals surface area contributed by atoms with Gasteiger partial charge in [-0.1, -0.05) is 0 Å². The Kier molecular flexibility index (Phi) is 5.73. The largest absolute Gasteiger partial charge is 0.379 e. The highest BCUT2D eigenvalue weighted by Gasteiger charge is 2.18. The zero-order valence-electron chi connectivity index (χ0n) is 11.4. The molecule has 1 fully saturated rings. The van der Waals surface area contributed by atoms with E-state index in [0.717, 1.165) is 25.4 Å². The molecule has 1 atom stereocenters. The Hall–Kier alpha value is -0.120. The van der Waals surface area contributed by atoms with Crippen molar-refractivity contribution < 1.29 is 4.74 Å². The number of ether oxygens (including phenoxy) is 1. The van der Waals surface area contributed by atoms with Crippen LogP contribution in [0.5, 0.6) is 0 Å². The van der Waals surface area contributed by atoms with Crippen LogP contribution in [0.25, 0.3) is 0 Å². The molecule has 0 spiro atoms. The Morgan fingerprint density at radius 2 is 2.19 bits per heavy atom. The van der Waals surface area contributed by atoms with Crippen LogP contribution in [0.3, 0.4) is 0 Å². The molecule has 0 amide bonds. The maximum absolute atomic E-state index is 5.40. The molecule has 16 heavy (non-hydrogen) atoms. The van der Waals surface area contributed by atoms with Crippen LogP contribution in [-0.4, -0.2) is 50.8 Å². The first-order valence-electron chi connectivity index (χ1n) is 6.48. The molecule has 1 rings (SSSR count). The smallest absolute Gasteiger partial charge is 0.0634 e. The number of hydrogen-bond donors (Lipinski definition) is 1. The van der Waals surface area contributed by atoms with E-state index in [1.807, 2.05) is 0 Å². The lowest BCUT2D eigenvalue weighted by atomic mass is 9.98. The monoisotopic (exact) mass is 228 g/mol. The fourth-order valence-electron chi connectivity index (χ4n) is 2.24. The summed E-state index contributed by atoms with van der Waals surface area (Å²) in [4.78, 5) is 2.44. The third-order valence-electron chi connectivity index (χ3n) is 3.61. The van der Waals surface area contributed by atoms with Crippen molar-refractivity contribution in [2.75, 3.05) is 40.3 Å². The Bertz CT molecular complexity index is 194. The van der Waals surface area contributed by atoms with Gasteiger partial charge in [-0.15, -0.1) is 0 Å². The van der Waals surface area contributed by atoms with Gasteiger partial charge in [0.15, 0.2) is 0 Å². The van der Waals surface area contributed by atoms with Crippen LogP contribution in [0.1, 0.15) is 33.1 Å². The summed E-state index contributed by atoms with van der Waals surface area (Å²) in [6.45, 7) is 9.02. The van der Waals surface area contributed by atoms with Gasteiger partial charge in [-0.3, -0.25) is 0 Å². The zero-order chi connectivity index (χ0) is 12.0. The van der Waals surface area contributed by atoms with E-state index in [4.69, 9.17) is 4.74 Å². The van der Waals surface area contributed by atoms with Crippen LogP contribution in [0, 0.1) is 5.92 Å². The van der Waals surface area contributed by atoms with E-state index in [-0.39, 0.29) is 5.60 Å². The summed E-state index contributed by atoms with van der Waals surface area (Å²) in [5.41, 5.74) is 0.0103. The van der Waals surface area contributed by atoms with Crippen molar-refractivity contribution in [1.82, 2.24) is 10.2 Å². The molecule has 1 unspecified atom stereocenters. The van der Waals surface area contributed by atoms with Crippen LogP contribution in [0.2, 0.25) is 0 Å². The highest BCUT2D eigenvalue weighted by atomic mass is 16.5. The van der Waals surface area contributed by atoms with Gasteiger partial charge in [0.05, 0.1) is 5.60 Å². The lowest BCUT2D eigenvalue weighted by Crippen LogP contribution is -2.38. The molecule has 0 aromatic heterocycles. The molecule has 96 valence electrons. The van der Waals surface area contributed by atoms with Gasteiger partial charge in [0.1, 0.15) is 0 Å². The summed E-state index contributed by atoms with van der Waals surface area (Å²) in [7, 11) is 4.01. The van der Waals surface area contributed by atoms with E-state index < -0.39 is 0 Å². The molecule has 1 aliphatic rings. The lowest BCUT2D eigenvalue weighted by molar-refractivity contribution is 0.0155. The van der Waals surface area contributed by atoms with E-state index in [1.165, 1.54) is 25.9 Å². The number of nitrogens with zero attached hydrogens (tertiary/aromatic N) is 1. The van der Waals surface area contributed by atoms with Gasteiger partial charge in [-0.25, -0.2) is 0 Å². The summed E-state index contributed by atoms with van der Waals surface area (Å²) in [5.74, 6) is 0.837. The van der Waals surface area contributed by atoms with E-state index in [9.17, 15) is 0 Å². The molecule has 0 saturated carbocycles. The Balaban J connectivity index is 2.06. The second-order valence-corrected chi connectivity index (χ2v) is 5.69. The predicted molar refractivity (Wildman–Crippen MR) is 68.8 cm³/mol.